The summed E-state index contributed by atoms with van der Waals surface area (Å²) in [6, 6.07) is 0.307. The van der Waals surface area contributed by atoms with E-state index >= 15 is 0 Å². The molecule has 4 nitrogen and oxygen atoms in total. The van der Waals surface area contributed by atoms with Gasteiger partial charge in [-0.15, -0.1) is 0 Å². The molecule has 2 fully saturated rings. The molecule has 2 aliphatic rings. The summed E-state index contributed by atoms with van der Waals surface area (Å²) in [6.07, 6.45) is 4.75. The molecule has 5 heteroatoms. The van der Waals surface area contributed by atoms with Gasteiger partial charge >= 0.3 is 0 Å². The summed E-state index contributed by atoms with van der Waals surface area (Å²) in [5.74, 6) is 1.38. The Bertz CT molecular complexity index is 309. The number of nitrogens with zero attached hydrogens (tertiary/aromatic N) is 1. The summed E-state index contributed by atoms with van der Waals surface area (Å²) in [7, 11) is 0. The lowest BCUT2D eigenvalue weighted by Gasteiger charge is -2.30. The van der Waals surface area contributed by atoms with E-state index in [1.165, 1.54) is 31.0 Å². The van der Waals surface area contributed by atoms with Crippen molar-refractivity contribution in [2.45, 2.75) is 38.6 Å². The van der Waals surface area contributed by atoms with Gasteiger partial charge in [0.2, 0.25) is 5.91 Å². The van der Waals surface area contributed by atoms with Crippen molar-refractivity contribution in [2.75, 3.05) is 18.8 Å². The molecule has 0 aromatic carbocycles. The first-order chi connectivity index (χ1) is 8.16. The van der Waals surface area contributed by atoms with E-state index in [-0.39, 0.29) is 17.7 Å². The fourth-order valence-electron chi connectivity index (χ4n) is 2.53. The van der Waals surface area contributed by atoms with Gasteiger partial charge in [-0.2, -0.15) is 0 Å². The summed E-state index contributed by atoms with van der Waals surface area (Å²) in [6.45, 7) is 3.13. The summed E-state index contributed by atoms with van der Waals surface area (Å²) >= 11 is 1.30. The number of carbonyl (C=O) groups is 2. The first-order valence-corrected chi connectivity index (χ1v) is 7.36. The minimum Gasteiger partial charge on any atom is -0.352 e. The predicted octanol–water partition coefficient (Wildman–Crippen LogP) is 1.85. The maximum atomic E-state index is 11.8. The van der Waals surface area contributed by atoms with E-state index in [1.807, 2.05) is 0 Å². The standard InChI is InChI=1S/C12H20N2O2S/c1-9-4-2-3-5-10(9)13-11(15)8-14-6-7-17-12(14)16/h9-10H,2-8H2,1H3,(H,13,15)/t9-,10-/m1/s1. The zero-order valence-electron chi connectivity index (χ0n) is 10.3. The van der Waals surface area contributed by atoms with E-state index in [4.69, 9.17) is 0 Å². The molecule has 1 aliphatic heterocycles. The maximum absolute atomic E-state index is 11.8. The molecule has 96 valence electrons. The van der Waals surface area contributed by atoms with Crippen LogP contribution in [0.4, 0.5) is 4.79 Å². The van der Waals surface area contributed by atoms with Crippen LogP contribution in [0.15, 0.2) is 0 Å². The lowest BCUT2D eigenvalue weighted by atomic mass is 9.86. The van der Waals surface area contributed by atoms with Gasteiger partial charge in [0.1, 0.15) is 6.54 Å². The molecule has 2 amide bonds. The first-order valence-electron chi connectivity index (χ1n) is 6.38. The second-order valence-corrected chi connectivity index (χ2v) is 6.02. The number of carbonyl (C=O) groups excluding carboxylic acids is 2. The highest BCUT2D eigenvalue weighted by atomic mass is 32.2. The SMILES string of the molecule is C[C@@H]1CCCC[C@H]1NC(=O)CN1CCSC1=O. The zero-order chi connectivity index (χ0) is 12.3. The van der Waals surface area contributed by atoms with E-state index < -0.39 is 0 Å². The van der Waals surface area contributed by atoms with Crippen LogP contribution >= 0.6 is 11.8 Å². The van der Waals surface area contributed by atoms with Crippen molar-refractivity contribution in [1.29, 1.82) is 0 Å². The lowest BCUT2D eigenvalue weighted by molar-refractivity contribution is -0.122. The molecule has 1 saturated carbocycles. The van der Waals surface area contributed by atoms with Crippen molar-refractivity contribution in [1.82, 2.24) is 10.2 Å². The van der Waals surface area contributed by atoms with Crippen LogP contribution in [-0.4, -0.2) is 40.9 Å². The minimum absolute atomic E-state index is 0.000370. The number of amides is 2. The van der Waals surface area contributed by atoms with Crippen LogP contribution in [0.1, 0.15) is 32.6 Å². The van der Waals surface area contributed by atoms with Crippen molar-refractivity contribution in [3.05, 3.63) is 0 Å². The highest BCUT2D eigenvalue weighted by Crippen LogP contribution is 2.23. The van der Waals surface area contributed by atoms with E-state index in [9.17, 15) is 9.59 Å². The second kappa shape index (κ2) is 5.76. The zero-order valence-corrected chi connectivity index (χ0v) is 11.1. The molecule has 0 bridgehead atoms. The summed E-state index contributed by atoms with van der Waals surface area (Å²) in [5.41, 5.74) is 0. The van der Waals surface area contributed by atoms with Gasteiger partial charge in [0.25, 0.3) is 5.24 Å². The Kier molecular flexibility index (Phi) is 4.31. The van der Waals surface area contributed by atoms with E-state index in [2.05, 4.69) is 12.2 Å². The van der Waals surface area contributed by atoms with Crippen molar-refractivity contribution in [2.24, 2.45) is 5.92 Å². The van der Waals surface area contributed by atoms with Crippen molar-refractivity contribution < 1.29 is 9.59 Å². The fourth-order valence-corrected chi connectivity index (χ4v) is 3.35. The first kappa shape index (κ1) is 12.7. The molecule has 2 rings (SSSR count). The molecule has 1 saturated heterocycles. The summed E-state index contributed by atoms with van der Waals surface area (Å²) < 4.78 is 0. The number of nitrogens with one attached hydrogen (secondary N) is 1. The molecular formula is C12H20N2O2S. The third-order valence-electron chi connectivity index (χ3n) is 3.64. The number of thioether (sulfide) groups is 1. The molecule has 17 heavy (non-hydrogen) atoms. The van der Waals surface area contributed by atoms with Gasteiger partial charge in [0, 0.05) is 18.3 Å². The van der Waals surface area contributed by atoms with Gasteiger partial charge in [-0.25, -0.2) is 0 Å². The monoisotopic (exact) mass is 256 g/mol. The number of hydrogen-bond donors (Lipinski definition) is 1. The molecule has 0 radical (unpaired) electrons. The van der Waals surface area contributed by atoms with Crippen LogP contribution in [0, 0.1) is 5.92 Å². The highest BCUT2D eigenvalue weighted by Gasteiger charge is 2.26. The van der Waals surface area contributed by atoms with Crippen LogP contribution in [0.3, 0.4) is 0 Å². The van der Waals surface area contributed by atoms with E-state index in [0.717, 1.165) is 12.2 Å². The average Bonchev–Trinajstić information content (AvgIpc) is 2.68. The molecule has 0 unspecified atom stereocenters. The maximum Gasteiger partial charge on any atom is 0.282 e. The Morgan fingerprint density at radius 3 is 2.88 bits per heavy atom. The molecule has 1 heterocycles. The Hall–Kier alpha value is -0.710. The molecule has 0 aromatic rings. The number of rotatable bonds is 3. The van der Waals surface area contributed by atoms with Gasteiger partial charge < -0.3 is 10.2 Å². The van der Waals surface area contributed by atoms with E-state index in [1.54, 1.807) is 4.90 Å². The van der Waals surface area contributed by atoms with Crippen LogP contribution < -0.4 is 5.32 Å². The van der Waals surface area contributed by atoms with Crippen LogP contribution in [0.2, 0.25) is 0 Å². The molecule has 2 atom stereocenters. The molecular weight excluding hydrogens is 236 g/mol. The summed E-state index contributed by atoms with van der Waals surface area (Å²) in [5, 5.41) is 3.11. The van der Waals surface area contributed by atoms with Crippen molar-refractivity contribution in [3.8, 4) is 0 Å². The molecule has 1 aliphatic carbocycles. The minimum atomic E-state index is -0.000370. The second-order valence-electron chi connectivity index (χ2n) is 4.97. The normalized spacial score (nSPS) is 29.5. The number of hydrogen-bond acceptors (Lipinski definition) is 3. The van der Waals surface area contributed by atoms with Crippen LogP contribution in [-0.2, 0) is 4.79 Å². The molecule has 1 N–H and O–H groups in total. The van der Waals surface area contributed by atoms with E-state index in [0.29, 0.717) is 18.5 Å². The molecule has 0 aromatic heterocycles. The average molecular weight is 256 g/mol. The van der Waals surface area contributed by atoms with Crippen molar-refractivity contribution >= 4 is 22.9 Å². The van der Waals surface area contributed by atoms with Crippen LogP contribution in [0.5, 0.6) is 0 Å². The fraction of sp³-hybridized carbons (Fsp3) is 0.833. The van der Waals surface area contributed by atoms with Gasteiger partial charge in [0.05, 0.1) is 0 Å². The molecule has 0 spiro atoms. The summed E-state index contributed by atoms with van der Waals surface area (Å²) in [4.78, 5) is 24.9. The van der Waals surface area contributed by atoms with Gasteiger partial charge in [0.15, 0.2) is 0 Å². The Balaban J connectivity index is 1.78. The third kappa shape index (κ3) is 3.37. The van der Waals surface area contributed by atoms with Crippen molar-refractivity contribution in [3.63, 3.8) is 0 Å². The van der Waals surface area contributed by atoms with Gasteiger partial charge in [-0.3, -0.25) is 9.59 Å². The Morgan fingerprint density at radius 1 is 1.47 bits per heavy atom. The topological polar surface area (TPSA) is 49.4 Å². The lowest BCUT2D eigenvalue weighted by Crippen LogP contribution is -2.45. The Morgan fingerprint density at radius 2 is 2.24 bits per heavy atom. The Labute approximate surface area is 106 Å². The highest BCUT2D eigenvalue weighted by molar-refractivity contribution is 8.13. The third-order valence-corrected chi connectivity index (χ3v) is 4.53. The quantitative estimate of drug-likeness (QED) is 0.838. The predicted molar refractivity (Wildman–Crippen MR) is 69.0 cm³/mol. The van der Waals surface area contributed by atoms with Gasteiger partial charge in [-0.05, 0) is 18.8 Å². The smallest absolute Gasteiger partial charge is 0.282 e. The largest absolute Gasteiger partial charge is 0.352 e. The van der Waals surface area contributed by atoms with Crippen LogP contribution in [0.25, 0.3) is 0 Å². The van der Waals surface area contributed by atoms with Gasteiger partial charge in [-0.1, -0.05) is 31.5 Å².